The fourth-order valence-electron chi connectivity index (χ4n) is 3.19. The van der Waals surface area contributed by atoms with E-state index in [0.717, 1.165) is 13.0 Å². The van der Waals surface area contributed by atoms with Crippen molar-refractivity contribution in [3.8, 4) is 0 Å². The van der Waals surface area contributed by atoms with Crippen LogP contribution in [0.2, 0.25) is 5.02 Å². The number of aliphatic hydroxyl groups is 1. The summed E-state index contributed by atoms with van der Waals surface area (Å²) in [5, 5.41) is 19.3. The summed E-state index contributed by atoms with van der Waals surface area (Å²) in [6.45, 7) is 7.98. The summed E-state index contributed by atoms with van der Waals surface area (Å²) in [5.74, 6) is 1.69. The molecule has 3 rings (SSSR count). The molecule has 10 heteroatoms. The minimum Gasteiger partial charge on any atom is -0.393 e. The van der Waals surface area contributed by atoms with Gasteiger partial charge in [-0.25, -0.2) is 0 Å². The second kappa shape index (κ2) is 8.98. The van der Waals surface area contributed by atoms with E-state index in [1.807, 2.05) is 20.8 Å². The van der Waals surface area contributed by atoms with Gasteiger partial charge in [0.1, 0.15) is 5.69 Å². The summed E-state index contributed by atoms with van der Waals surface area (Å²) < 4.78 is 0. The summed E-state index contributed by atoms with van der Waals surface area (Å²) in [6.07, 6.45) is 2.60. The molecule has 29 heavy (non-hydrogen) atoms. The van der Waals surface area contributed by atoms with Crippen LogP contribution in [0.15, 0.2) is 18.3 Å². The normalized spacial score (nSPS) is 16.9. The van der Waals surface area contributed by atoms with Crippen molar-refractivity contribution in [3.05, 3.63) is 29.0 Å². The molecule has 0 radical (unpaired) electrons. The van der Waals surface area contributed by atoms with Crippen molar-refractivity contribution in [2.75, 3.05) is 41.1 Å². The number of hydrogen-bond acceptors (Lipinski definition) is 9. The molecular formula is C19H29ClN8O. The zero-order chi connectivity index (χ0) is 21.0. The van der Waals surface area contributed by atoms with Crippen molar-refractivity contribution in [1.29, 1.82) is 0 Å². The van der Waals surface area contributed by atoms with Crippen LogP contribution in [-0.4, -0.2) is 51.5 Å². The van der Waals surface area contributed by atoms with Crippen LogP contribution in [0.5, 0.6) is 0 Å². The predicted molar refractivity (Wildman–Crippen MR) is 117 cm³/mol. The third-order valence-electron chi connectivity index (χ3n) is 4.54. The molecule has 9 nitrogen and oxygen atoms in total. The highest BCUT2D eigenvalue weighted by molar-refractivity contribution is 6.31. The highest BCUT2D eigenvalue weighted by Gasteiger charge is 2.27. The fraction of sp³-hybridized carbons (Fsp3) is 0.526. The van der Waals surface area contributed by atoms with E-state index in [2.05, 4.69) is 35.8 Å². The molecule has 1 aliphatic rings. The molecule has 3 heterocycles. The van der Waals surface area contributed by atoms with Crippen molar-refractivity contribution in [1.82, 2.24) is 20.3 Å². The van der Waals surface area contributed by atoms with Gasteiger partial charge in [-0.3, -0.25) is 10.3 Å². The van der Waals surface area contributed by atoms with Gasteiger partial charge < -0.3 is 26.4 Å². The van der Waals surface area contributed by atoms with Crippen molar-refractivity contribution in [2.24, 2.45) is 0 Å². The van der Waals surface area contributed by atoms with Gasteiger partial charge in [0.05, 0.1) is 24.0 Å². The van der Waals surface area contributed by atoms with Gasteiger partial charge in [0.2, 0.25) is 5.95 Å². The summed E-state index contributed by atoms with van der Waals surface area (Å²) in [4.78, 5) is 15.7. The number of nitrogens with one attached hydrogen (secondary N) is 3. The number of nitrogens with two attached hydrogens (primary N) is 1. The topological polar surface area (TPSA) is 124 Å². The van der Waals surface area contributed by atoms with Gasteiger partial charge in [-0.05, 0) is 39.3 Å². The number of halogens is 1. The van der Waals surface area contributed by atoms with Crippen LogP contribution in [0.4, 0.5) is 23.3 Å². The van der Waals surface area contributed by atoms with Crippen LogP contribution in [0, 0.1) is 0 Å². The molecule has 2 aromatic rings. The largest absolute Gasteiger partial charge is 0.393 e. The van der Waals surface area contributed by atoms with Gasteiger partial charge in [-0.15, -0.1) is 0 Å². The monoisotopic (exact) mass is 420 g/mol. The van der Waals surface area contributed by atoms with Crippen molar-refractivity contribution in [3.63, 3.8) is 0 Å². The summed E-state index contributed by atoms with van der Waals surface area (Å²) in [5.41, 5.74) is 7.42. The quantitative estimate of drug-likeness (QED) is 0.428. The van der Waals surface area contributed by atoms with Crippen LogP contribution in [0.1, 0.15) is 32.9 Å². The first kappa shape index (κ1) is 21.4. The maximum absolute atomic E-state index is 9.14. The predicted octanol–water partition coefficient (Wildman–Crippen LogP) is 2.05. The molecular weight excluding hydrogens is 392 g/mol. The van der Waals surface area contributed by atoms with Gasteiger partial charge in [0.25, 0.3) is 0 Å². The standard InChI is InChI=1S/C19H29ClN8O/c1-19(2,3)27-18-25-16(23-9-14-13(20)5-4-7-22-14)15(21)17(26-18)28-8-6-12(10-28)24-11-29/h4-5,7,12,24,29H,6,8-11,21H2,1-3H3,(H2,23,25,26,27). The Balaban J connectivity index is 1.88. The van der Waals surface area contributed by atoms with E-state index in [0.29, 0.717) is 47.1 Å². The lowest BCUT2D eigenvalue weighted by atomic mass is 10.1. The Hall–Kier alpha value is -2.36. The summed E-state index contributed by atoms with van der Waals surface area (Å²) in [7, 11) is 0. The van der Waals surface area contributed by atoms with E-state index < -0.39 is 0 Å². The fourth-order valence-corrected chi connectivity index (χ4v) is 3.38. The van der Waals surface area contributed by atoms with Crippen molar-refractivity contribution >= 4 is 34.9 Å². The molecule has 2 aromatic heterocycles. The van der Waals surface area contributed by atoms with Gasteiger partial charge in [-0.1, -0.05) is 11.6 Å². The first-order chi connectivity index (χ1) is 13.8. The van der Waals surface area contributed by atoms with Crippen molar-refractivity contribution in [2.45, 2.75) is 45.3 Å². The van der Waals surface area contributed by atoms with Crippen LogP contribution in [0.3, 0.4) is 0 Å². The molecule has 0 saturated carbocycles. The SMILES string of the molecule is CC(C)(C)Nc1nc(NCc2ncccc2Cl)c(N)c(N2CCC(NCO)C2)n1. The van der Waals surface area contributed by atoms with E-state index in [-0.39, 0.29) is 18.3 Å². The lowest BCUT2D eigenvalue weighted by molar-refractivity contribution is 0.244. The third-order valence-corrected chi connectivity index (χ3v) is 4.88. The average Bonchev–Trinajstić information content (AvgIpc) is 3.10. The zero-order valence-electron chi connectivity index (χ0n) is 17.0. The van der Waals surface area contributed by atoms with E-state index >= 15 is 0 Å². The Morgan fingerprint density at radius 3 is 2.83 bits per heavy atom. The van der Waals surface area contributed by atoms with Crippen molar-refractivity contribution < 1.29 is 5.11 Å². The number of aliphatic hydroxyl groups excluding tert-OH is 1. The highest BCUT2D eigenvalue weighted by Crippen LogP contribution is 2.32. The Kier molecular flexibility index (Phi) is 6.61. The minimum atomic E-state index is -0.207. The number of aromatic nitrogens is 3. The molecule has 1 aliphatic heterocycles. The Morgan fingerprint density at radius 2 is 2.14 bits per heavy atom. The Morgan fingerprint density at radius 1 is 1.34 bits per heavy atom. The van der Waals surface area contributed by atoms with Crippen LogP contribution < -0.4 is 26.6 Å². The molecule has 1 unspecified atom stereocenters. The second-order valence-corrected chi connectivity index (χ2v) is 8.49. The first-order valence-corrected chi connectivity index (χ1v) is 10.0. The first-order valence-electron chi connectivity index (χ1n) is 9.65. The number of hydrogen-bond donors (Lipinski definition) is 5. The highest BCUT2D eigenvalue weighted by atomic mass is 35.5. The molecule has 1 saturated heterocycles. The molecule has 0 amide bonds. The molecule has 158 valence electrons. The average molecular weight is 421 g/mol. The molecule has 6 N–H and O–H groups in total. The maximum atomic E-state index is 9.14. The molecule has 0 spiro atoms. The molecule has 0 aliphatic carbocycles. The van der Waals surface area contributed by atoms with Gasteiger partial charge >= 0.3 is 0 Å². The lowest BCUT2D eigenvalue weighted by Gasteiger charge is -2.25. The number of nitrogens with zero attached hydrogens (tertiary/aromatic N) is 4. The summed E-state index contributed by atoms with van der Waals surface area (Å²) >= 11 is 6.21. The number of pyridine rings is 1. The number of anilines is 4. The van der Waals surface area contributed by atoms with E-state index in [4.69, 9.17) is 22.4 Å². The van der Waals surface area contributed by atoms with E-state index in [1.54, 1.807) is 18.3 Å². The van der Waals surface area contributed by atoms with Crippen LogP contribution >= 0.6 is 11.6 Å². The van der Waals surface area contributed by atoms with E-state index in [9.17, 15) is 0 Å². The third kappa shape index (κ3) is 5.59. The number of nitrogen functional groups attached to an aromatic ring is 1. The zero-order valence-corrected chi connectivity index (χ0v) is 17.8. The smallest absolute Gasteiger partial charge is 0.227 e. The lowest BCUT2D eigenvalue weighted by Crippen LogP contribution is -2.34. The second-order valence-electron chi connectivity index (χ2n) is 8.09. The van der Waals surface area contributed by atoms with Crippen LogP contribution in [-0.2, 0) is 6.54 Å². The summed E-state index contributed by atoms with van der Waals surface area (Å²) in [6, 6.07) is 3.78. The van der Waals surface area contributed by atoms with E-state index in [1.165, 1.54) is 0 Å². The molecule has 0 aromatic carbocycles. The van der Waals surface area contributed by atoms with Gasteiger partial charge in [0.15, 0.2) is 11.6 Å². The maximum Gasteiger partial charge on any atom is 0.227 e. The van der Waals surface area contributed by atoms with Gasteiger partial charge in [-0.2, -0.15) is 9.97 Å². The minimum absolute atomic E-state index is 0.0494. The Bertz CT molecular complexity index is 841. The van der Waals surface area contributed by atoms with Crippen LogP contribution in [0.25, 0.3) is 0 Å². The Labute approximate surface area is 176 Å². The molecule has 1 atom stereocenters. The van der Waals surface area contributed by atoms with Gasteiger partial charge in [0, 0.05) is 30.9 Å². The molecule has 1 fully saturated rings. The number of rotatable bonds is 7. The molecule has 0 bridgehead atoms.